The highest BCUT2D eigenvalue weighted by Crippen LogP contribution is 2.33. The van der Waals surface area contributed by atoms with Gasteiger partial charge in [-0.15, -0.1) is 0 Å². The Labute approximate surface area is 254 Å². The predicted octanol–water partition coefficient (Wildman–Crippen LogP) is 5.39. The number of anilines is 2. The molecular weight excluding hydrogens is 578 g/mol. The van der Waals surface area contributed by atoms with Gasteiger partial charge >= 0.3 is 6.18 Å². The maximum absolute atomic E-state index is 13.7. The first kappa shape index (κ1) is 31.5. The average molecular weight is 616 g/mol. The maximum Gasteiger partial charge on any atom is 0.406 e. The monoisotopic (exact) mass is 615 g/mol. The summed E-state index contributed by atoms with van der Waals surface area (Å²) in [5.41, 5.74) is 2.17. The quantitative estimate of drug-likeness (QED) is 0.222. The number of amides is 1. The van der Waals surface area contributed by atoms with E-state index in [1.165, 1.54) is 17.7 Å². The molecule has 0 atom stereocenters. The summed E-state index contributed by atoms with van der Waals surface area (Å²) in [5.74, 6) is 5.53. The highest BCUT2D eigenvalue weighted by atomic mass is 19.4. The van der Waals surface area contributed by atoms with E-state index in [4.69, 9.17) is 9.47 Å². The van der Waals surface area contributed by atoms with Crippen molar-refractivity contribution in [2.45, 2.75) is 50.5 Å². The van der Waals surface area contributed by atoms with Crippen molar-refractivity contribution < 1.29 is 31.8 Å². The summed E-state index contributed by atoms with van der Waals surface area (Å²) < 4.78 is 65.6. The molecule has 1 aliphatic carbocycles. The third-order valence-corrected chi connectivity index (χ3v) is 8.17. The lowest BCUT2D eigenvalue weighted by Crippen LogP contribution is -2.46. The number of ether oxygens (including phenoxy) is 2. The zero-order chi connectivity index (χ0) is 31.1. The zero-order valence-corrected chi connectivity index (χ0v) is 24.6. The summed E-state index contributed by atoms with van der Waals surface area (Å²) in [4.78, 5) is 14.4. The Morgan fingerprint density at radius 3 is 2.55 bits per heavy atom. The number of fused-ring (bicyclic) bond motifs is 1. The standard InChI is InChI=1S/C32H37F4N5O3/c1-37-31(42)22-7-12-28(30(18-22)44-21-33)38-13-3-4-25-19-26-27(5-2-6-29(26)41(25)20-32(34,35)36)39-23-8-10-24(11-9-23)40-14-16-43-17-15-40/h2,5-7,12,18-19,23-24,38-39H,8-11,13-17,20-21H2,1H3,(H,37,42)/t23-,24+. The van der Waals surface area contributed by atoms with Gasteiger partial charge in [-0.25, -0.2) is 4.39 Å². The number of carbonyl (C=O) groups excluding carboxylic acids is 1. The van der Waals surface area contributed by atoms with Crippen LogP contribution in [0.1, 0.15) is 41.7 Å². The molecule has 1 saturated carbocycles. The number of rotatable bonds is 9. The molecule has 1 aromatic heterocycles. The van der Waals surface area contributed by atoms with Crippen molar-refractivity contribution in [3.05, 3.63) is 53.7 Å². The molecule has 1 amide bonds. The fourth-order valence-electron chi connectivity index (χ4n) is 6.02. The number of carbonyl (C=O) groups is 1. The summed E-state index contributed by atoms with van der Waals surface area (Å²) in [5, 5.41) is 9.78. The number of hydrogen-bond acceptors (Lipinski definition) is 6. The van der Waals surface area contributed by atoms with E-state index in [1.54, 1.807) is 30.3 Å². The highest BCUT2D eigenvalue weighted by Gasteiger charge is 2.31. The van der Waals surface area contributed by atoms with E-state index >= 15 is 0 Å². The molecule has 0 spiro atoms. The molecule has 3 aromatic rings. The Bertz CT molecular complexity index is 1500. The SMILES string of the molecule is CNC(=O)c1ccc(NCC#Cc2cc3c(N[C@H]4CC[C@@H](N5CCOCC5)CC4)cccc3n2CC(F)(F)F)c(OCF)c1. The summed E-state index contributed by atoms with van der Waals surface area (Å²) in [7, 11) is 1.48. The number of halogens is 4. The van der Waals surface area contributed by atoms with E-state index in [2.05, 4.69) is 32.7 Å². The van der Waals surface area contributed by atoms with E-state index in [0.29, 0.717) is 28.2 Å². The minimum Gasteiger partial charge on any atom is -0.461 e. The van der Waals surface area contributed by atoms with Gasteiger partial charge in [0.1, 0.15) is 12.3 Å². The first-order chi connectivity index (χ1) is 21.3. The van der Waals surface area contributed by atoms with Crippen molar-refractivity contribution in [1.82, 2.24) is 14.8 Å². The van der Waals surface area contributed by atoms with Crippen molar-refractivity contribution in [2.75, 3.05) is 57.4 Å². The fourth-order valence-corrected chi connectivity index (χ4v) is 6.02. The van der Waals surface area contributed by atoms with Crippen molar-refractivity contribution >= 4 is 28.2 Å². The van der Waals surface area contributed by atoms with Gasteiger partial charge < -0.3 is 30.0 Å². The number of nitrogens with one attached hydrogen (secondary N) is 3. The maximum atomic E-state index is 13.7. The number of alkyl halides is 4. The number of hydrogen-bond donors (Lipinski definition) is 3. The van der Waals surface area contributed by atoms with Crippen molar-refractivity contribution in [1.29, 1.82) is 0 Å². The van der Waals surface area contributed by atoms with Gasteiger partial charge in [0.25, 0.3) is 5.91 Å². The lowest BCUT2D eigenvalue weighted by atomic mass is 9.89. The van der Waals surface area contributed by atoms with Crippen molar-refractivity contribution in [3.63, 3.8) is 0 Å². The lowest BCUT2D eigenvalue weighted by Gasteiger charge is -2.39. The van der Waals surface area contributed by atoms with Crippen molar-refractivity contribution in [2.24, 2.45) is 0 Å². The molecule has 2 heterocycles. The van der Waals surface area contributed by atoms with Crippen LogP contribution in [0, 0.1) is 11.8 Å². The molecule has 12 heteroatoms. The largest absolute Gasteiger partial charge is 0.461 e. The molecule has 3 N–H and O–H groups in total. The molecular formula is C32H37F4N5O3. The van der Waals surface area contributed by atoms with Crippen LogP contribution >= 0.6 is 0 Å². The van der Waals surface area contributed by atoms with E-state index in [-0.39, 0.29) is 29.9 Å². The van der Waals surface area contributed by atoms with Gasteiger partial charge in [0.2, 0.25) is 6.86 Å². The van der Waals surface area contributed by atoms with Crippen LogP contribution in [0.4, 0.5) is 28.9 Å². The average Bonchev–Trinajstić information content (AvgIpc) is 3.37. The second-order valence-electron chi connectivity index (χ2n) is 11.0. The summed E-state index contributed by atoms with van der Waals surface area (Å²) in [6, 6.07) is 12.3. The van der Waals surface area contributed by atoms with Gasteiger partial charge in [-0.3, -0.25) is 9.69 Å². The summed E-state index contributed by atoms with van der Waals surface area (Å²) in [6.07, 6.45) is -0.332. The van der Waals surface area contributed by atoms with E-state index in [9.17, 15) is 22.4 Å². The number of nitrogens with zero attached hydrogens (tertiary/aromatic N) is 2. The first-order valence-electron chi connectivity index (χ1n) is 14.8. The minimum atomic E-state index is -4.44. The molecule has 236 valence electrons. The van der Waals surface area contributed by atoms with Gasteiger partial charge in [-0.2, -0.15) is 13.2 Å². The Hall–Kier alpha value is -3.95. The van der Waals surface area contributed by atoms with Crippen LogP contribution < -0.4 is 20.7 Å². The minimum absolute atomic E-state index is 0.0486. The third-order valence-electron chi connectivity index (χ3n) is 8.17. The topological polar surface area (TPSA) is 79.8 Å². The van der Waals surface area contributed by atoms with Gasteiger partial charge in [0, 0.05) is 48.9 Å². The number of morpholine rings is 1. The Morgan fingerprint density at radius 2 is 1.84 bits per heavy atom. The smallest absolute Gasteiger partial charge is 0.406 e. The molecule has 1 aliphatic heterocycles. The molecule has 44 heavy (non-hydrogen) atoms. The van der Waals surface area contributed by atoms with Crippen LogP contribution in [0.15, 0.2) is 42.5 Å². The molecule has 5 rings (SSSR count). The molecule has 2 aliphatic rings. The number of benzene rings is 2. The van der Waals surface area contributed by atoms with Gasteiger partial charge in [-0.05, 0) is 68.0 Å². The fraction of sp³-hybridized carbons (Fsp3) is 0.469. The normalized spacial score (nSPS) is 19.2. The van der Waals surface area contributed by atoms with Crippen LogP contribution in [0.2, 0.25) is 0 Å². The van der Waals surface area contributed by atoms with E-state index < -0.39 is 19.6 Å². The zero-order valence-electron chi connectivity index (χ0n) is 24.6. The molecule has 1 saturated heterocycles. The van der Waals surface area contributed by atoms with Crippen LogP contribution in [-0.4, -0.2) is 80.4 Å². The van der Waals surface area contributed by atoms with Crippen LogP contribution in [-0.2, 0) is 11.3 Å². The lowest BCUT2D eigenvalue weighted by molar-refractivity contribution is -0.140. The predicted molar refractivity (Wildman–Crippen MR) is 162 cm³/mol. The molecule has 0 bridgehead atoms. The summed E-state index contributed by atoms with van der Waals surface area (Å²) >= 11 is 0. The van der Waals surface area contributed by atoms with Crippen LogP contribution in [0.25, 0.3) is 10.9 Å². The van der Waals surface area contributed by atoms with E-state index in [0.717, 1.165) is 57.7 Å². The van der Waals surface area contributed by atoms with Crippen LogP contribution in [0.3, 0.4) is 0 Å². The second-order valence-corrected chi connectivity index (χ2v) is 11.0. The molecule has 8 nitrogen and oxygen atoms in total. The van der Waals surface area contributed by atoms with Gasteiger partial charge in [0.15, 0.2) is 0 Å². The molecule has 2 fully saturated rings. The van der Waals surface area contributed by atoms with Crippen LogP contribution in [0.5, 0.6) is 5.75 Å². The second kappa shape index (κ2) is 14.2. The first-order valence-corrected chi connectivity index (χ1v) is 14.8. The summed E-state index contributed by atoms with van der Waals surface area (Å²) in [6.45, 7) is 1.26. The van der Waals surface area contributed by atoms with E-state index in [1.807, 2.05) is 6.07 Å². The third kappa shape index (κ3) is 7.76. The Balaban J connectivity index is 1.32. The van der Waals surface area contributed by atoms with Crippen molar-refractivity contribution in [3.8, 4) is 17.6 Å². The Kier molecular flexibility index (Phi) is 10.2. The van der Waals surface area contributed by atoms with Gasteiger partial charge in [0.05, 0.1) is 36.7 Å². The van der Waals surface area contributed by atoms with Gasteiger partial charge in [-0.1, -0.05) is 12.0 Å². The highest BCUT2D eigenvalue weighted by molar-refractivity contribution is 5.95. The number of aromatic nitrogens is 1. The molecule has 0 unspecified atom stereocenters. The molecule has 0 radical (unpaired) electrons. The molecule has 2 aromatic carbocycles. The Morgan fingerprint density at radius 1 is 1.07 bits per heavy atom.